The number of rotatable bonds is 9. The van der Waals surface area contributed by atoms with E-state index >= 15 is 0 Å². The molecule has 1 aliphatic rings. The second kappa shape index (κ2) is 14.6. The molecule has 9 heteroatoms. The van der Waals surface area contributed by atoms with Crippen LogP contribution in [-0.2, 0) is 20.7 Å². The summed E-state index contributed by atoms with van der Waals surface area (Å²) in [5.41, 5.74) is 7.19. The van der Waals surface area contributed by atoms with E-state index in [9.17, 15) is 9.59 Å². The fourth-order valence-electron chi connectivity index (χ4n) is 3.26. The topological polar surface area (TPSA) is 87.9 Å². The molecule has 0 radical (unpaired) electrons. The number of carbonyl (C=O) groups is 2. The van der Waals surface area contributed by atoms with Gasteiger partial charge in [0.05, 0.1) is 12.1 Å². The van der Waals surface area contributed by atoms with Crippen molar-refractivity contribution >= 4 is 36.6 Å². The van der Waals surface area contributed by atoms with E-state index in [1.807, 2.05) is 42.2 Å². The first kappa shape index (κ1) is 27.6. The van der Waals surface area contributed by atoms with Gasteiger partial charge in [-0.2, -0.15) is 0 Å². The Kier molecular flexibility index (Phi) is 13.9. The van der Waals surface area contributed by atoms with Crippen molar-refractivity contribution in [2.75, 3.05) is 46.4 Å². The Morgan fingerprint density at radius 2 is 1.76 bits per heavy atom. The van der Waals surface area contributed by atoms with Crippen LogP contribution in [0.3, 0.4) is 0 Å². The monoisotopic (exact) mass is 448 g/mol. The molecule has 2 rings (SSSR count). The van der Waals surface area contributed by atoms with E-state index in [1.165, 1.54) is 0 Å². The normalized spacial score (nSPS) is 16.2. The van der Waals surface area contributed by atoms with Crippen LogP contribution in [0.5, 0.6) is 0 Å². The molecule has 2 amide bonds. The predicted octanol–water partition coefficient (Wildman–Crippen LogP) is 1.09. The molecule has 1 saturated heterocycles. The van der Waals surface area contributed by atoms with Crippen LogP contribution in [0.1, 0.15) is 18.9 Å². The number of hydrogen-bond acceptors (Lipinski definition) is 5. The number of halogens is 2. The van der Waals surface area contributed by atoms with E-state index in [-0.39, 0.29) is 42.7 Å². The molecule has 1 heterocycles. The van der Waals surface area contributed by atoms with Crippen LogP contribution < -0.4 is 11.1 Å². The fraction of sp³-hybridized carbons (Fsp3) is 0.600. The Morgan fingerprint density at radius 1 is 1.14 bits per heavy atom. The molecule has 2 unspecified atom stereocenters. The van der Waals surface area contributed by atoms with Crippen LogP contribution in [0.2, 0.25) is 0 Å². The lowest BCUT2D eigenvalue weighted by atomic mass is 10.1. The van der Waals surface area contributed by atoms with Crippen LogP contribution in [0.4, 0.5) is 0 Å². The van der Waals surface area contributed by atoms with Crippen LogP contribution in [0, 0.1) is 0 Å². The van der Waals surface area contributed by atoms with Crippen LogP contribution in [-0.4, -0.2) is 80.1 Å². The van der Waals surface area contributed by atoms with Gasteiger partial charge in [-0.05, 0) is 25.3 Å². The fourth-order valence-corrected chi connectivity index (χ4v) is 3.26. The molecule has 2 atom stereocenters. The number of carbonyl (C=O) groups excluding carboxylic acids is 2. The van der Waals surface area contributed by atoms with Gasteiger partial charge in [0, 0.05) is 46.4 Å². The maximum atomic E-state index is 12.6. The summed E-state index contributed by atoms with van der Waals surface area (Å²) in [6.07, 6.45) is 1.34. The maximum absolute atomic E-state index is 12.6. The number of nitrogens with zero attached hydrogens (tertiary/aromatic N) is 2. The number of methoxy groups -OCH3 is 1. The van der Waals surface area contributed by atoms with E-state index in [0.29, 0.717) is 45.8 Å². The molecule has 1 aromatic rings. The zero-order valence-corrected chi connectivity index (χ0v) is 18.8. The molecule has 1 aliphatic heterocycles. The number of hydrogen-bond donors (Lipinski definition) is 2. The molecule has 1 aromatic carbocycles. The van der Waals surface area contributed by atoms with E-state index in [2.05, 4.69) is 10.2 Å². The highest BCUT2D eigenvalue weighted by atomic mass is 35.5. The van der Waals surface area contributed by atoms with Gasteiger partial charge in [0.2, 0.25) is 11.8 Å². The van der Waals surface area contributed by atoms with Crippen LogP contribution >= 0.6 is 24.8 Å². The highest BCUT2D eigenvalue weighted by Gasteiger charge is 2.29. The quantitative estimate of drug-likeness (QED) is 0.551. The zero-order valence-electron chi connectivity index (χ0n) is 17.2. The first-order chi connectivity index (χ1) is 13.0. The molecule has 0 aliphatic carbocycles. The second-order valence-electron chi connectivity index (χ2n) is 6.97. The number of nitrogens with one attached hydrogen (secondary N) is 1. The maximum Gasteiger partial charge on any atom is 0.239 e. The third-order valence-electron chi connectivity index (χ3n) is 4.99. The van der Waals surface area contributed by atoms with Gasteiger partial charge in [-0.3, -0.25) is 14.5 Å². The predicted molar refractivity (Wildman–Crippen MR) is 120 cm³/mol. The molecule has 1 fully saturated rings. The van der Waals surface area contributed by atoms with Gasteiger partial charge in [0.25, 0.3) is 0 Å². The van der Waals surface area contributed by atoms with Gasteiger partial charge < -0.3 is 20.7 Å². The minimum absolute atomic E-state index is 0. The number of amides is 2. The van der Waals surface area contributed by atoms with Crippen molar-refractivity contribution in [1.29, 1.82) is 0 Å². The van der Waals surface area contributed by atoms with Crippen molar-refractivity contribution in [3.8, 4) is 0 Å². The number of piperazine rings is 1. The minimum Gasteiger partial charge on any atom is -0.385 e. The molecule has 3 N–H and O–H groups in total. The summed E-state index contributed by atoms with van der Waals surface area (Å²) in [7, 11) is 1.65. The standard InChI is InChI=1S/C20H32N4O3.2ClH/c1-16(19(25)22-9-6-14-27-2)23-10-12-24(13-11-23)20(26)18(21)15-17-7-4-3-5-8-17;;/h3-5,7-8,16,18H,6,9-15,21H2,1-2H3,(H,22,25);2*1H. The lowest BCUT2D eigenvalue weighted by Crippen LogP contribution is -2.57. The Balaban J connectivity index is 0.00000392. The van der Waals surface area contributed by atoms with Gasteiger partial charge in [-0.1, -0.05) is 30.3 Å². The van der Waals surface area contributed by atoms with Crippen LogP contribution in [0.15, 0.2) is 30.3 Å². The highest BCUT2D eigenvalue weighted by molar-refractivity contribution is 5.85. The highest BCUT2D eigenvalue weighted by Crippen LogP contribution is 2.10. The average molecular weight is 449 g/mol. The summed E-state index contributed by atoms with van der Waals surface area (Å²) < 4.78 is 4.98. The molecule has 0 aromatic heterocycles. The van der Waals surface area contributed by atoms with E-state index < -0.39 is 6.04 Å². The summed E-state index contributed by atoms with van der Waals surface area (Å²) in [4.78, 5) is 28.8. The third kappa shape index (κ3) is 8.88. The molecule has 0 spiro atoms. The van der Waals surface area contributed by atoms with Gasteiger partial charge in [-0.25, -0.2) is 0 Å². The average Bonchev–Trinajstić information content (AvgIpc) is 2.70. The molecule has 0 bridgehead atoms. The minimum atomic E-state index is -0.527. The van der Waals surface area contributed by atoms with E-state index in [1.54, 1.807) is 7.11 Å². The van der Waals surface area contributed by atoms with Gasteiger partial charge in [-0.15, -0.1) is 24.8 Å². The summed E-state index contributed by atoms with van der Waals surface area (Å²) in [5.74, 6) is 0.00170. The molecular weight excluding hydrogens is 415 g/mol. The Morgan fingerprint density at radius 3 is 2.34 bits per heavy atom. The molecule has 166 valence electrons. The molecule has 0 saturated carbocycles. The zero-order chi connectivity index (χ0) is 19.6. The van der Waals surface area contributed by atoms with Crippen molar-refractivity contribution in [3.63, 3.8) is 0 Å². The number of ether oxygens (including phenoxy) is 1. The van der Waals surface area contributed by atoms with Crippen molar-refractivity contribution in [2.24, 2.45) is 5.73 Å². The second-order valence-corrected chi connectivity index (χ2v) is 6.97. The van der Waals surface area contributed by atoms with E-state index in [4.69, 9.17) is 10.5 Å². The SMILES string of the molecule is COCCCNC(=O)C(C)N1CCN(C(=O)C(N)Cc2ccccc2)CC1.Cl.Cl. The first-order valence-electron chi connectivity index (χ1n) is 9.62. The van der Waals surface area contributed by atoms with Crippen molar-refractivity contribution in [3.05, 3.63) is 35.9 Å². The van der Waals surface area contributed by atoms with Gasteiger partial charge in [0.15, 0.2) is 0 Å². The lowest BCUT2D eigenvalue weighted by Gasteiger charge is -2.38. The van der Waals surface area contributed by atoms with Crippen LogP contribution in [0.25, 0.3) is 0 Å². The van der Waals surface area contributed by atoms with Gasteiger partial charge >= 0.3 is 0 Å². The Hall–Kier alpha value is -1.38. The smallest absolute Gasteiger partial charge is 0.239 e. The number of benzene rings is 1. The molecule has 7 nitrogen and oxygen atoms in total. The molecule has 29 heavy (non-hydrogen) atoms. The summed E-state index contributed by atoms with van der Waals surface area (Å²) in [6, 6.07) is 9.09. The Labute approximate surface area is 186 Å². The van der Waals surface area contributed by atoms with E-state index in [0.717, 1.165) is 12.0 Å². The lowest BCUT2D eigenvalue weighted by molar-refractivity contribution is -0.135. The summed E-state index contributed by atoms with van der Waals surface area (Å²) in [6.45, 7) is 5.71. The Bertz CT molecular complexity index is 599. The van der Waals surface area contributed by atoms with Gasteiger partial charge in [0.1, 0.15) is 0 Å². The van der Waals surface area contributed by atoms with Crippen molar-refractivity contribution < 1.29 is 14.3 Å². The first-order valence-corrected chi connectivity index (χ1v) is 9.62. The van der Waals surface area contributed by atoms with Crippen molar-refractivity contribution in [1.82, 2.24) is 15.1 Å². The third-order valence-corrected chi connectivity index (χ3v) is 4.99. The largest absolute Gasteiger partial charge is 0.385 e. The molecular formula is C20H34Cl2N4O3. The summed E-state index contributed by atoms with van der Waals surface area (Å²) in [5, 5.41) is 2.93. The number of nitrogens with two attached hydrogens (primary N) is 1. The summed E-state index contributed by atoms with van der Waals surface area (Å²) >= 11 is 0. The van der Waals surface area contributed by atoms with Crippen molar-refractivity contribution in [2.45, 2.75) is 31.8 Å².